The molecule has 2 saturated heterocycles. The Morgan fingerprint density at radius 1 is 1.06 bits per heavy atom. The topological polar surface area (TPSA) is 75.7 Å². The van der Waals surface area contributed by atoms with Gasteiger partial charge in [0.25, 0.3) is 5.91 Å². The highest BCUT2D eigenvalue weighted by Gasteiger charge is 2.48. The van der Waals surface area contributed by atoms with Crippen LogP contribution in [0, 0.1) is 5.82 Å². The molecule has 0 aromatic heterocycles. The molecule has 168 valence electrons. The highest BCUT2D eigenvalue weighted by molar-refractivity contribution is 6.08. The Bertz CT molecular complexity index is 1220. The van der Waals surface area contributed by atoms with Crippen LogP contribution in [-0.4, -0.2) is 53.8 Å². The van der Waals surface area contributed by atoms with Crippen LogP contribution in [0.1, 0.15) is 22.3 Å². The number of amides is 2. The number of fused-ring (bicyclic) bond motifs is 2. The number of nitrogens with zero attached hydrogens (tertiary/aromatic N) is 1. The number of rotatable bonds is 5. The quantitative estimate of drug-likeness (QED) is 0.654. The number of likely N-dealkylation sites (tertiary alicyclic amines) is 1. The highest BCUT2D eigenvalue weighted by Crippen LogP contribution is 2.28. The number of halogens is 1. The van der Waals surface area contributed by atoms with E-state index in [9.17, 15) is 18.8 Å². The van der Waals surface area contributed by atoms with Crippen molar-refractivity contribution in [2.24, 2.45) is 0 Å². The average Bonchev–Trinajstić information content (AvgIpc) is 3.42. The first-order valence-electron chi connectivity index (χ1n) is 11.0. The first-order valence-corrected chi connectivity index (χ1v) is 11.0. The molecule has 0 spiro atoms. The molecule has 0 saturated carbocycles. The molecular weight excluding hydrogens is 423 g/mol. The third kappa shape index (κ3) is 4.12. The fraction of sp³-hybridized carbons (Fsp3) is 0.269. The summed E-state index contributed by atoms with van der Waals surface area (Å²) in [6.07, 6.45) is 0.475. The monoisotopic (exact) mass is 446 g/mol. The van der Waals surface area contributed by atoms with E-state index in [1.165, 1.54) is 17.0 Å². The maximum atomic E-state index is 13.6. The van der Waals surface area contributed by atoms with Crippen LogP contribution in [0.25, 0.3) is 10.8 Å². The molecule has 33 heavy (non-hydrogen) atoms. The van der Waals surface area contributed by atoms with E-state index in [0.717, 1.165) is 10.8 Å². The summed E-state index contributed by atoms with van der Waals surface area (Å²) in [6, 6.07) is 17.3. The first kappa shape index (κ1) is 21.3. The van der Waals surface area contributed by atoms with Crippen LogP contribution in [0.3, 0.4) is 0 Å². The third-order valence-electron chi connectivity index (χ3n) is 6.39. The van der Waals surface area contributed by atoms with Crippen molar-refractivity contribution in [2.75, 3.05) is 13.2 Å². The summed E-state index contributed by atoms with van der Waals surface area (Å²) in [7, 11) is 0. The lowest BCUT2D eigenvalue weighted by molar-refractivity contribution is -0.138. The van der Waals surface area contributed by atoms with Crippen LogP contribution in [-0.2, 0) is 20.7 Å². The number of benzene rings is 3. The van der Waals surface area contributed by atoms with Gasteiger partial charge in [0.15, 0.2) is 5.78 Å². The van der Waals surface area contributed by atoms with Crippen LogP contribution in [0.5, 0.6) is 0 Å². The molecule has 5 rings (SSSR count). The van der Waals surface area contributed by atoms with Gasteiger partial charge in [-0.3, -0.25) is 14.4 Å². The van der Waals surface area contributed by atoms with Crippen molar-refractivity contribution < 1.29 is 23.5 Å². The van der Waals surface area contributed by atoms with Gasteiger partial charge in [0.2, 0.25) is 5.91 Å². The van der Waals surface area contributed by atoms with Crippen LogP contribution < -0.4 is 5.32 Å². The second-order valence-electron chi connectivity index (χ2n) is 8.46. The number of hydrogen-bond donors (Lipinski definition) is 1. The Morgan fingerprint density at radius 2 is 1.82 bits per heavy atom. The fourth-order valence-corrected chi connectivity index (χ4v) is 4.76. The van der Waals surface area contributed by atoms with E-state index >= 15 is 0 Å². The number of carbonyl (C=O) groups excluding carboxylic acids is 3. The van der Waals surface area contributed by atoms with Gasteiger partial charge >= 0.3 is 0 Å². The van der Waals surface area contributed by atoms with E-state index in [-0.39, 0.29) is 42.5 Å². The lowest BCUT2D eigenvalue weighted by Crippen LogP contribution is -2.53. The second-order valence-corrected chi connectivity index (χ2v) is 8.46. The molecular formula is C26H23FN2O4. The van der Waals surface area contributed by atoms with Gasteiger partial charge in [0.1, 0.15) is 24.5 Å². The van der Waals surface area contributed by atoms with Gasteiger partial charge in [-0.25, -0.2) is 4.39 Å². The minimum absolute atomic E-state index is 0.00407. The minimum Gasteiger partial charge on any atom is -0.368 e. The number of nitrogens with one attached hydrogen (secondary N) is 1. The van der Waals surface area contributed by atoms with E-state index in [0.29, 0.717) is 24.1 Å². The Hall–Kier alpha value is -3.58. The molecule has 0 radical (unpaired) electrons. The summed E-state index contributed by atoms with van der Waals surface area (Å²) in [6.45, 7) is 0.397. The summed E-state index contributed by atoms with van der Waals surface area (Å²) in [5.41, 5.74) is 1.17. The Kier molecular flexibility index (Phi) is 5.64. The zero-order valence-electron chi connectivity index (χ0n) is 17.9. The van der Waals surface area contributed by atoms with E-state index in [4.69, 9.17) is 4.74 Å². The van der Waals surface area contributed by atoms with Gasteiger partial charge in [-0.1, -0.05) is 48.5 Å². The third-order valence-corrected chi connectivity index (χ3v) is 6.39. The van der Waals surface area contributed by atoms with Crippen molar-refractivity contribution in [3.8, 4) is 0 Å². The highest BCUT2D eigenvalue weighted by atomic mass is 19.1. The molecule has 2 fully saturated rings. The normalized spacial score (nSPS) is 20.6. The molecule has 3 aromatic carbocycles. The zero-order chi connectivity index (χ0) is 22.9. The van der Waals surface area contributed by atoms with Gasteiger partial charge in [0, 0.05) is 18.5 Å². The van der Waals surface area contributed by atoms with Crippen LogP contribution in [0.4, 0.5) is 4.39 Å². The van der Waals surface area contributed by atoms with Gasteiger partial charge in [0.05, 0.1) is 6.10 Å². The molecule has 2 aliphatic rings. The molecule has 3 atom stereocenters. The lowest BCUT2D eigenvalue weighted by atomic mass is 10.0. The van der Waals surface area contributed by atoms with E-state index in [2.05, 4.69) is 5.32 Å². The molecule has 0 aliphatic carbocycles. The van der Waals surface area contributed by atoms with Crippen molar-refractivity contribution >= 4 is 28.4 Å². The van der Waals surface area contributed by atoms with Crippen molar-refractivity contribution in [1.82, 2.24) is 10.2 Å². The predicted octanol–water partition coefficient (Wildman–Crippen LogP) is 2.89. The number of ether oxygens (including phenoxy) is 1. The molecule has 3 unspecified atom stereocenters. The Morgan fingerprint density at radius 3 is 2.64 bits per heavy atom. The van der Waals surface area contributed by atoms with Crippen LogP contribution in [0.15, 0.2) is 66.7 Å². The van der Waals surface area contributed by atoms with E-state index in [1.807, 2.05) is 30.3 Å². The van der Waals surface area contributed by atoms with Gasteiger partial charge in [-0.2, -0.15) is 0 Å². The van der Waals surface area contributed by atoms with Crippen LogP contribution >= 0.6 is 0 Å². The lowest BCUT2D eigenvalue weighted by Gasteiger charge is -2.28. The summed E-state index contributed by atoms with van der Waals surface area (Å²) < 4.78 is 18.9. The maximum absolute atomic E-state index is 13.6. The number of hydrogen-bond acceptors (Lipinski definition) is 4. The Labute approximate surface area is 190 Å². The molecule has 1 N–H and O–H groups in total. The largest absolute Gasteiger partial charge is 0.368 e. The SMILES string of the molecule is O=C(NC(Cc1ccc(F)cc1)C(=O)N1CCC2OCC(=O)C21)c1cccc2ccccc12. The van der Waals surface area contributed by atoms with Gasteiger partial charge in [-0.15, -0.1) is 0 Å². The summed E-state index contributed by atoms with van der Waals surface area (Å²) in [5, 5.41) is 4.59. The van der Waals surface area contributed by atoms with Crippen molar-refractivity contribution in [3.05, 3.63) is 83.7 Å². The number of ketones is 1. The fourth-order valence-electron chi connectivity index (χ4n) is 4.76. The minimum atomic E-state index is -0.908. The summed E-state index contributed by atoms with van der Waals surface area (Å²) in [5.74, 6) is -1.21. The van der Waals surface area contributed by atoms with Crippen LogP contribution in [0.2, 0.25) is 0 Å². The van der Waals surface area contributed by atoms with Crippen molar-refractivity contribution in [2.45, 2.75) is 31.0 Å². The summed E-state index contributed by atoms with van der Waals surface area (Å²) in [4.78, 5) is 40.7. The summed E-state index contributed by atoms with van der Waals surface area (Å²) >= 11 is 0. The average molecular weight is 446 g/mol. The molecule has 7 heteroatoms. The molecule has 6 nitrogen and oxygen atoms in total. The van der Waals surface area contributed by atoms with E-state index < -0.39 is 12.1 Å². The predicted molar refractivity (Wildman–Crippen MR) is 120 cm³/mol. The van der Waals surface area contributed by atoms with Crippen molar-refractivity contribution in [1.29, 1.82) is 0 Å². The molecule has 2 aliphatic heterocycles. The standard InChI is InChI=1S/C26H23FN2O4/c27-18-10-8-16(9-11-18)14-21(26(32)29-13-12-23-24(29)22(30)15-33-23)28-25(31)20-7-3-5-17-4-1-2-6-19(17)20/h1-11,21,23-24H,12-15H2,(H,28,31). The smallest absolute Gasteiger partial charge is 0.252 e. The number of Topliss-reactive ketones (excluding diaryl/α,β-unsaturated/α-hetero) is 1. The number of carbonyl (C=O) groups is 3. The maximum Gasteiger partial charge on any atom is 0.252 e. The van der Waals surface area contributed by atoms with Crippen molar-refractivity contribution in [3.63, 3.8) is 0 Å². The molecule has 0 bridgehead atoms. The molecule has 2 heterocycles. The molecule has 3 aromatic rings. The van der Waals surface area contributed by atoms with Gasteiger partial charge < -0.3 is 15.0 Å². The second kappa shape index (κ2) is 8.75. The van der Waals surface area contributed by atoms with Gasteiger partial charge in [-0.05, 0) is 41.0 Å². The zero-order valence-corrected chi connectivity index (χ0v) is 17.9. The Balaban J connectivity index is 1.44. The van der Waals surface area contributed by atoms with E-state index in [1.54, 1.807) is 24.3 Å². The molecule has 2 amide bonds. The first-order chi connectivity index (χ1) is 16.0.